The fourth-order valence-corrected chi connectivity index (χ4v) is 2.27. The Hall–Kier alpha value is -0.320. The summed E-state index contributed by atoms with van der Waals surface area (Å²) in [5.74, 6) is -0.280. The Morgan fingerprint density at radius 3 is 2.39 bits per heavy atom. The molecule has 0 amide bonds. The highest BCUT2D eigenvalue weighted by Crippen LogP contribution is 2.27. The Labute approximate surface area is 122 Å². The second-order valence-corrected chi connectivity index (χ2v) is 5.05. The number of carbonyl (C=O) groups is 1. The lowest BCUT2D eigenvalue weighted by Crippen LogP contribution is -2.47. The highest BCUT2D eigenvalue weighted by atomic mass is 35.5. The van der Waals surface area contributed by atoms with Crippen molar-refractivity contribution in [2.24, 2.45) is 0 Å². The summed E-state index contributed by atoms with van der Waals surface area (Å²) < 4.78 is 0. The predicted octanol–water partition coefficient (Wildman–Crippen LogP) is 2.71. The topological polar surface area (TPSA) is 49.3 Å². The molecular weight excluding hydrogens is 296 g/mol. The summed E-state index contributed by atoms with van der Waals surface area (Å²) in [6.07, 6.45) is 0.845. The predicted molar refractivity (Wildman–Crippen MR) is 75.1 cm³/mol. The van der Waals surface area contributed by atoms with Crippen LogP contribution in [-0.4, -0.2) is 29.6 Å². The van der Waals surface area contributed by atoms with E-state index in [1.807, 2.05) is 0 Å². The molecule has 1 aromatic rings. The van der Waals surface area contributed by atoms with Crippen LogP contribution in [0.2, 0.25) is 10.0 Å². The van der Waals surface area contributed by atoms with Crippen molar-refractivity contribution in [3.8, 4) is 0 Å². The van der Waals surface area contributed by atoms with E-state index in [4.69, 9.17) is 23.2 Å². The largest absolute Gasteiger partial charge is 0.382 e. The van der Waals surface area contributed by atoms with Gasteiger partial charge >= 0.3 is 0 Å². The zero-order chi connectivity index (χ0) is 12.5. The molecule has 2 rings (SSSR count). The van der Waals surface area contributed by atoms with E-state index in [9.17, 15) is 9.90 Å². The van der Waals surface area contributed by atoms with E-state index >= 15 is 0 Å². The highest BCUT2D eigenvalue weighted by Gasteiger charge is 2.37. The third-order valence-corrected chi connectivity index (χ3v) is 3.77. The van der Waals surface area contributed by atoms with Crippen LogP contribution in [0.1, 0.15) is 23.2 Å². The molecule has 1 fully saturated rings. The summed E-state index contributed by atoms with van der Waals surface area (Å²) in [6.45, 7) is 1.28. The number of hydrogen-bond acceptors (Lipinski definition) is 3. The van der Waals surface area contributed by atoms with E-state index in [1.165, 1.54) is 6.07 Å². The van der Waals surface area contributed by atoms with Gasteiger partial charge in [-0.05, 0) is 44.1 Å². The normalized spacial score (nSPS) is 17.9. The quantitative estimate of drug-likeness (QED) is 0.826. The van der Waals surface area contributed by atoms with E-state index in [1.54, 1.807) is 12.1 Å². The first-order valence-corrected chi connectivity index (χ1v) is 6.21. The standard InChI is InChI=1S/C12H13Cl2NO2.ClH/c13-9-2-1-8(7-10(9)14)11(16)12(17)3-5-15-6-4-12;/h1-2,7,15,17H,3-6H2;1H. The molecule has 0 aliphatic carbocycles. The van der Waals surface area contributed by atoms with Crippen molar-refractivity contribution in [3.63, 3.8) is 0 Å². The average molecular weight is 311 g/mol. The molecule has 1 heterocycles. The van der Waals surface area contributed by atoms with Gasteiger partial charge in [-0.2, -0.15) is 0 Å². The number of carbonyl (C=O) groups excluding carboxylic acids is 1. The van der Waals surface area contributed by atoms with E-state index in [0.717, 1.165) is 0 Å². The average Bonchev–Trinajstić information content (AvgIpc) is 2.33. The van der Waals surface area contributed by atoms with Gasteiger partial charge in [-0.3, -0.25) is 4.79 Å². The molecule has 1 aromatic carbocycles. The maximum atomic E-state index is 12.2. The van der Waals surface area contributed by atoms with Crippen molar-refractivity contribution in [2.45, 2.75) is 18.4 Å². The van der Waals surface area contributed by atoms with Crippen LogP contribution in [0.3, 0.4) is 0 Å². The monoisotopic (exact) mass is 309 g/mol. The van der Waals surface area contributed by atoms with E-state index in [-0.39, 0.29) is 18.2 Å². The number of piperidine rings is 1. The van der Waals surface area contributed by atoms with Gasteiger partial charge in [0.2, 0.25) is 0 Å². The third kappa shape index (κ3) is 3.16. The molecule has 18 heavy (non-hydrogen) atoms. The van der Waals surface area contributed by atoms with Gasteiger partial charge in [0.05, 0.1) is 10.0 Å². The summed E-state index contributed by atoms with van der Waals surface area (Å²) in [4.78, 5) is 12.2. The number of ketones is 1. The molecule has 1 saturated heterocycles. The second kappa shape index (κ2) is 6.22. The number of benzene rings is 1. The van der Waals surface area contributed by atoms with Crippen LogP contribution in [0.5, 0.6) is 0 Å². The first-order valence-electron chi connectivity index (χ1n) is 5.46. The fraction of sp³-hybridized carbons (Fsp3) is 0.417. The Morgan fingerprint density at radius 1 is 1.22 bits per heavy atom. The van der Waals surface area contributed by atoms with E-state index in [2.05, 4.69) is 5.32 Å². The molecule has 100 valence electrons. The van der Waals surface area contributed by atoms with Crippen LogP contribution in [0.4, 0.5) is 0 Å². The lowest BCUT2D eigenvalue weighted by Gasteiger charge is -2.31. The van der Waals surface area contributed by atoms with Crippen molar-refractivity contribution in [3.05, 3.63) is 33.8 Å². The lowest BCUT2D eigenvalue weighted by atomic mass is 9.85. The number of Topliss-reactive ketones (excluding diaryl/α,β-unsaturated/α-hetero) is 1. The smallest absolute Gasteiger partial charge is 0.194 e. The fourth-order valence-electron chi connectivity index (χ4n) is 1.97. The molecule has 0 unspecified atom stereocenters. The lowest BCUT2D eigenvalue weighted by molar-refractivity contribution is 0.0155. The minimum atomic E-state index is -1.28. The van der Waals surface area contributed by atoms with Crippen molar-refractivity contribution in [2.75, 3.05) is 13.1 Å². The minimum absolute atomic E-state index is 0. The van der Waals surface area contributed by atoms with Crippen LogP contribution in [0.15, 0.2) is 18.2 Å². The number of rotatable bonds is 2. The Bertz CT molecular complexity index is 445. The Balaban J connectivity index is 0.00000162. The zero-order valence-corrected chi connectivity index (χ0v) is 11.9. The molecule has 0 atom stereocenters. The molecule has 0 spiro atoms. The van der Waals surface area contributed by atoms with Crippen LogP contribution in [-0.2, 0) is 0 Å². The SMILES string of the molecule is Cl.O=C(c1ccc(Cl)c(Cl)c1)C1(O)CCNCC1. The van der Waals surface area contributed by atoms with Crippen molar-refractivity contribution in [1.82, 2.24) is 5.32 Å². The maximum Gasteiger partial charge on any atom is 0.194 e. The summed E-state index contributed by atoms with van der Waals surface area (Å²) in [5.41, 5.74) is -0.869. The molecule has 0 aromatic heterocycles. The van der Waals surface area contributed by atoms with Crippen LogP contribution in [0.25, 0.3) is 0 Å². The number of halogens is 3. The van der Waals surface area contributed by atoms with Gasteiger partial charge < -0.3 is 10.4 Å². The van der Waals surface area contributed by atoms with Gasteiger partial charge in [-0.1, -0.05) is 23.2 Å². The Kier molecular flexibility index (Phi) is 5.44. The number of nitrogens with one attached hydrogen (secondary N) is 1. The molecule has 0 radical (unpaired) electrons. The van der Waals surface area contributed by atoms with Gasteiger partial charge in [0, 0.05) is 5.56 Å². The number of hydrogen-bond donors (Lipinski definition) is 2. The number of aliphatic hydroxyl groups is 1. The third-order valence-electron chi connectivity index (χ3n) is 3.04. The van der Waals surface area contributed by atoms with E-state index < -0.39 is 5.60 Å². The summed E-state index contributed by atoms with van der Waals surface area (Å²) >= 11 is 11.7. The molecule has 2 N–H and O–H groups in total. The summed E-state index contributed by atoms with van der Waals surface area (Å²) in [5, 5.41) is 14.1. The van der Waals surface area contributed by atoms with Crippen LogP contribution in [0, 0.1) is 0 Å². The van der Waals surface area contributed by atoms with Crippen LogP contribution >= 0.6 is 35.6 Å². The first-order chi connectivity index (χ1) is 8.03. The van der Waals surface area contributed by atoms with Crippen molar-refractivity contribution < 1.29 is 9.90 Å². The van der Waals surface area contributed by atoms with Crippen LogP contribution < -0.4 is 5.32 Å². The van der Waals surface area contributed by atoms with Crippen molar-refractivity contribution >= 4 is 41.4 Å². The highest BCUT2D eigenvalue weighted by molar-refractivity contribution is 6.42. The summed E-state index contributed by atoms with van der Waals surface area (Å²) in [7, 11) is 0. The van der Waals surface area contributed by atoms with Gasteiger partial charge in [0.25, 0.3) is 0 Å². The molecule has 0 bridgehead atoms. The van der Waals surface area contributed by atoms with Gasteiger partial charge in [-0.15, -0.1) is 12.4 Å². The van der Waals surface area contributed by atoms with E-state index in [0.29, 0.717) is 41.5 Å². The Morgan fingerprint density at radius 2 is 1.83 bits per heavy atom. The zero-order valence-electron chi connectivity index (χ0n) is 9.58. The summed E-state index contributed by atoms with van der Waals surface area (Å²) in [6, 6.07) is 4.67. The maximum absolute atomic E-state index is 12.2. The minimum Gasteiger partial charge on any atom is -0.382 e. The molecule has 1 aliphatic rings. The van der Waals surface area contributed by atoms with Crippen molar-refractivity contribution in [1.29, 1.82) is 0 Å². The molecule has 1 aliphatic heterocycles. The molecule has 3 nitrogen and oxygen atoms in total. The molecule has 6 heteroatoms. The van der Waals surface area contributed by atoms with Gasteiger partial charge in [0.15, 0.2) is 5.78 Å². The molecular formula is C12H14Cl3NO2. The van der Waals surface area contributed by atoms with Gasteiger partial charge in [0.1, 0.15) is 5.60 Å². The first kappa shape index (κ1) is 15.7. The van der Waals surface area contributed by atoms with Gasteiger partial charge in [-0.25, -0.2) is 0 Å². The second-order valence-electron chi connectivity index (χ2n) is 4.24. The molecule has 0 saturated carbocycles.